The Morgan fingerprint density at radius 2 is 2.21 bits per heavy atom. The first-order valence-corrected chi connectivity index (χ1v) is 8.34. The number of likely N-dealkylation sites (N-methyl/N-ethyl adjacent to an activating group) is 1. The van der Waals surface area contributed by atoms with Crippen molar-refractivity contribution in [3.8, 4) is 0 Å². The summed E-state index contributed by atoms with van der Waals surface area (Å²) in [4.78, 5) is 30.6. The smallest absolute Gasteiger partial charge is 0.261 e. The largest absolute Gasteiger partial charge is 0.391 e. The number of aliphatic hydroxyl groups excluding tert-OH is 1. The molecule has 1 saturated carbocycles. The van der Waals surface area contributed by atoms with E-state index in [0.717, 1.165) is 18.4 Å². The highest BCUT2D eigenvalue weighted by atomic mass is 16.3. The van der Waals surface area contributed by atoms with E-state index >= 15 is 0 Å². The van der Waals surface area contributed by atoms with Gasteiger partial charge in [0.2, 0.25) is 5.91 Å². The second kappa shape index (κ2) is 6.73. The summed E-state index contributed by atoms with van der Waals surface area (Å²) in [7, 11) is 1.69. The zero-order valence-corrected chi connectivity index (χ0v) is 14.1. The molecule has 1 fully saturated rings. The third-order valence-corrected chi connectivity index (χ3v) is 4.67. The maximum Gasteiger partial charge on any atom is 0.261 e. The molecule has 1 atom stereocenters. The average Bonchev–Trinajstić information content (AvgIpc) is 3.39. The molecule has 24 heavy (non-hydrogen) atoms. The van der Waals surface area contributed by atoms with Crippen molar-refractivity contribution in [3.63, 3.8) is 0 Å². The Hall–Kier alpha value is -2.21. The lowest BCUT2D eigenvalue weighted by molar-refractivity contribution is -0.131. The van der Waals surface area contributed by atoms with Crippen LogP contribution in [-0.2, 0) is 11.3 Å². The van der Waals surface area contributed by atoms with Crippen LogP contribution in [0.15, 0.2) is 29.3 Å². The minimum Gasteiger partial charge on any atom is -0.391 e. The van der Waals surface area contributed by atoms with Crippen LogP contribution in [-0.4, -0.2) is 45.2 Å². The maximum atomic E-state index is 12.5. The molecule has 1 unspecified atom stereocenters. The zero-order chi connectivity index (χ0) is 17.3. The van der Waals surface area contributed by atoms with E-state index in [9.17, 15) is 14.7 Å². The summed E-state index contributed by atoms with van der Waals surface area (Å²) in [5, 5.41) is 10.5. The molecule has 0 saturated heterocycles. The van der Waals surface area contributed by atoms with E-state index in [-0.39, 0.29) is 17.9 Å². The minimum absolute atomic E-state index is 0.0778. The monoisotopic (exact) mass is 329 g/mol. The summed E-state index contributed by atoms with van der Waals surface area (Å²) in [6, 6.07) is 5.51. The van der Waals surface area contributed by atoms with E-state index in [2.05, 4.69) is 4.98 Å². The molecule has 1 aliphatic carbocycles. The van der Waals surface area contributed by atoms with E-state index in [4.69, 9.17) is 0 Å². The zero-order valence-electron chi connectivity index (χ0n) is 14.1. The molecule has 1 aromatic carbocycles. The van der Waals surface area contributed by atoms with Crippen molar-refractivity contribution in [3.05, 3.63) is 40.4 Å². The number of para-hydroxylation sites is 1. The fourth-order valence-corrected chi connectivity index (χ4v) is 2.92. The summed E-state index contributed by atoms with van der Waals surface area (Å²) in [6.45, 7) is 2.56. The standard InChI is InChI=1S/C18H23N3O3/c1-12-4-3-5-14-17(12)19-11-21(18(14)24)9-8-16(23)20(2)10-15(22)13-6-7-13/h3-5,11,13,15,22H,6-10H2,1-2H3. The minimum atomic E-state index is -0.438. The molecule has 1 aromatic heterocycles. The lowest BCUT2D eigenvalue weighted by atomic mass is 10.1. The van der Waals surface area contributed by atoms with Gasteiger partial charge in [0.15, 0.2) is 0 Å². The Morgan fingerprint density at radius 3 is 2.92 bits per heavy atom. The molecule has 128 valence electrons. The van der Waals surface area contributed by atoms with Gasteiger partial charge in [-0.3, -0.25) is 14.2 Å². The van der Waals surface area contributed by atoms with E-state index in [1.807, 2.05) is 19.1 Å². The van der Waals surface area contributed by atoms with Gasteiger partial charge in [-0.2, -0.15) is 0 Å². The van der Waals surface area contributed by atoms with Crippen LogP contribution in [0.5, 0.6) is 0 Å². The van der Waals surface area contributed by atoms with E-state index in [0.29, 0.717) is 29.9 Å². The summed E-state index contributed by atoms with van der Waals surface area (Å²) >= 11 is 0. The number of fused-ring (bicyclic) bond motifs is 1. The number of aryl methyl sites for hydroxylation is 2. The summed E-state index contributed by atoms with van der Waals surface area (Å²) < 4.78 is 1.48. The number of hydrogen-bond acceptors (Lipinski definition) is 4. The van der Waals surface area contributed by atoms with Crippen molar-refractivity contribution in [2.75, 3.05) is 13.6 Å². The molecular weight excluding hydrogens is 306 g/mol. The van der Waals surface area contributed by atoms with Crippen LogP contribution in [0.3, 0.4) is 0 Å². The number of carbonyl (C=O) groups excluding carboxylic acids is 1. The molecule has 1 N–H and O–H groups in total. The number of nitrogens with zero attached hydrogens (tertiary/aromatic N) is 3. The Labute approximate surface area is 140 Å². The van der Waals surface area contributed by atoms with Gasteiger partial charge in [-0.15, -0.1) is 0 Å². The highest BCUT2D eigenvalue weighted by Gasteiger charge is 2.31. The van der Waals surface area contributed by atoms with Crippen molar-refractivity contribution in [1.29, 1.82) is 0 Å². The number of aliphatic hydroxyl groups is 1. The van der Waals surface area contributed by atoms with Crippen LogP contribution in [0.1, 0.15) is 24.8 Å². The predicted octanol–water partition coefficient (Wildman–Crippen LogP) is 1.32. The van der Waals surface area contributed by atoms with Crippen molar-refractivity contribution in [2.45, 2.75) is 38.8 Å². The Balaban J connectivity index is 1.65. The third kappa shape index (κ3) is 3.48. The van der Waals surface area contributed by atoms with Gasteiger partial charge in [0, 0.05) is 26.6 Å². The molecule has 2 aromatic rings. The summed E-state index contributed by atoms with van der Waals surface area (Å²) in [6.07, 6.45) is 3.37. The topological polar surface area (TPSA) is 75.4 Å². The van der Waals surface area contributed by atoms with Gasteiger partial charge >= 0.3 is 0 Å². The van der Waals surface area contributed by atoms with Crippen molar-refractivity contribution < 1.29 is 9.90 Å². The molecule has 1 amide bonds. The van der Waals surface area contributed by atoms with Crippen LogP contribution < -0.4 is 5.56 Å². The number of rotatable bonds is 6. The van der Waals surface area contributed by atoms with Gasteiger partial charge in [0.25, 0.3) is 5.56 Å². The number of hydrogen-bond donors (Lipinski definition) is 1. The molecule has 0 aliphatic heterocycles. The Kier molecular flexibility index (Phi) is 4.66. The maximum absolute atomic E-state index is 12.5. The van der Waals surface area contributed by atoms with Gasteiger partial charge < -0.3 is 10.0 Å². The van der Waals surface area contributed by atoms with Crippen molar-refractivity contribution >= 4 is 16.8 Å². The first-order valence-electron chi connectivity index (χ1n) is 8.34. The first-order chi connectivity index (χ1) is 11.5. The van der Waals surface area contributed by atoms with Crippen LogP contribution in [0.25, 0.3) is 10.9 Å². The number of carbonyl (C=O) groups is 1. The van der Waals surface area contributed by atoms with E-state index < -0.39 is 6.10 Å². The molecule has 3 rings (SSSR count). The van der Waals surface area contributed by atoms with Crippen LogP contribution in [0.4, 0.5) is 0 Å². The number of amides is 1. The van der Waals surface area contributed by atoms with Gasteiger partial charge in [-0.05, 0) is 37.3 Å². The van der Waals surface area contributed by atoms with Gasteiger partial charge in [-0.1, -0.05) is 12.1 Å². The average molecular weight is 329 g/mol. The first kappa shape index (κ1) is 16.6. The highest BCUT2D eigenvalue weighted by Crippen LogP contribution is 2.32. The molecule has 6 nitrogen and oxygen atoms in total. The second-order valence-corrected chi connectivity index (χ2v) is 6.64. The number of aromatic nitrogens is 2. The molecule has 0 spiro atoms. The second-order valence-electron chi connectivity index (χ2n) is 6.64. The number of benzene rings is 1. The van der Waals surface area contributed by atoms with Crippen LogP contribution in [0.2, 0.25) is 0 Å². The Bertz CT molecular complexity index is 811. The SMILES string of the molecule is Cc1cccc2c(=O)n(CCC(=O)N(C)CC(O)C3CC3)cnc12. The Morgan fingerprint density at radius 1 is 1.46 bits per heavy atom. The third-order valence-electron chi connectivity index (χ3n) is 4.67. The van der Waals surface area contributed by atoms with Crippen molar-refractivity contribution in [1.82, 2.24) is 14.5 Å². The highest BCUT2D eigenvalue weighted by molar-refractivity contribution is 5.80. The molecule has 1 aliphatic rings. The van der Waals surface area contributed by atoms with Gasteiger partial charge in [-0.25, -0.2) is 4.98 Å². The van der Waals surface area contributed by atoms with Gasteiger partial charge in [0.1, 0.15) is 0 Å². The molecule has 0 bridgehead atoms. The van der Waals surface area contributed by atoms with E-state index in [1.54, 1.807) is 18.0 Å². The lowest BCUT2D eigenvalue weighted by Gasteiger charge is -2.21. The fourth-order valence-electron chi connectivity index (χ4n) is 2.92. The van der Waals surface area contributed by atoms with Crippen molar-refractivity contribution in [2.24, 2.45) is 5.92 Å². The molecule has 1 heterocycles. The predicted molar refractivity (Wildman–Crippen MR) is 91.7 cm³/mol. The summed E-state index contributed by atoms with van der Waals surface area (Å²) in [5.74, 6) is 0.265. The summed E-state index contributed by atoms with van der Waals surface area (Å²) in [5.41, 5.74) is 1.54. The van der Waals surface area contributed by atoms with Crippen LogP contribution >= 0.6 is 0 Å². The molecule has 6 heteroatoms. The normalized spacial score (nSPS) is 15.5. The molecule has 0 radical (unpaired) electrons. The quantitative estimate of drug-likeness (QED) is 0.867. The van der Waals surface area contributed by atoms with Crippen LogP contribution in [0, 0.1) is 12.8 Å². The van der Waals surface area contributed by atoms with E-state index in [1.165, 1.54) is 10.9 Å². The lowest BCUT2D eigenvalue weighted by Crippen LogP contribution is -2.36. The molecular formula is C18H23N3O3. The van der Waals surface area contributed by atoms with Gasteiger partial charge in [0.05, 0.1) is 23.3 Å². The fraction of sp³-hybridized carbons (Fsp3) is 0.500.